The third-order valence-corrected chi connectivity index (χ3v) is 4.29. The van der Waals surface area contributed by atoms with E-state index in [9.17, 15) is 0 Å². The van der Waals surface area contributed by atoms with Gasteiger partial charge in [0.1, 0.15) is 0 Å². The standard InChI is InChI=1S/C17H16N2S/c1-19-15(12-14-8-4-2-5-9-14)13-18-17(19)20-16-10-6-3-7-11-16/h2-11,13H,12H2,1H3. The maximum Gasteiger partial charge on any atom is 0.172 e. The summed E-state index contributed by atoms with van der Waals surface area (Å²) in [5.41, 5.74) is 2.54. The highest BCUT2D eigenvalue weighted by atomic mass is 32.2. The van der Waals surface area contributed by atoms with E-state index in [0.29, 0.717) is 0 Å². The van der Waals surface area contributed by atoms with Gasteiger partial charge in [-0.3, -0.25) is 0 Å². The fourth-order valence-corrected chi connectivity index (χ4v) is 2.95. The highest BCUT2D eigenvalue weighted by Gasteiger charge is 2.08. The Labute approximate surface area is 123 Å². The maximum atomic E-state index is 4.53. The van der Waals surface area contributed by atoms with E-state index >= 15 is 0 Å². The van der Waals surface area contributed by atoms with Crippen molar-refractivity contribution in [2.75, 3.05) is 0 Å². The molecule has 0 N–H and O–H groups in total. The van der Waals surface area contributed by atoms with Crippen LogP contribution in [0.25, 0.3) is 0 Å². The average molecular weight is 280 g/mol. The molecule has 0 unspecified atom stereocenters. The Hall–Kier alpha value is -2.00. The van der Waals surface area contributed by atoms with Crippen molar-refractivity contribution in [2.45, 2.75) is 16.5 Å². The van der Waals surface area contributed by atoms with E-state index in [0.717, 1.165) is 11.6 Å². The Kier molecular flexibility index (Phi) is 3.88. The van der Waals surface area contributed by atoms with Gasteiger partial charge >= 0.3 is 0 Å². The van der Waals surface area contributed by atoms with Gasteiger partial charge in [-0.2, -0.15) is 0 Å². The van der Waals surface area contributed by atoms with Crippen molar-refractivity contribution in [3.63, 3.8) is 0 Å². The first kappa shape index (κ1) is 13.0. The molecular formula is C17H16N2S. The zero-order valence-corrected chi connectivity index (χ0v) is 12.2. The molecule has 0 atom stereocenters. The summed E-state index contributed by atoms with van der Waals surface area (Å²) in [6.45, 7) is 0. The predicted molar refractivity (Wildman–Crippen MR) is 83.0 cm³/mol. The fourth-order valence-electron chi connectivity index (χ4n) is 2.08. The SMILES string of the molecule is Cn1c(Cc2ccccc2)cnc1Sc1ccccc1. The molecule has 2 aromatic carbocycles. The predicted octanol–water partition coefficient (Wildman–Crippen LogP) is 4.16. The van der Waals surface area contributed by atoms with Crippen molar-refractivity contribution >= 4 is 11.8 Å². The molecule has 2 nitrogen and oxygen atoms in total. The van der Waals surface area contributed by atoms with E-state index in [1.165, 1.54) is 16.2 Å². The van der Waals surface area contributed by atoms with Gasteiger partial charge < -0.3 is 4.57 Å². The summed E-state index contributed by atoms with van der Waals surface area (Å²) in [5, 5.41) is 1.03. The lowest BCUT2D eigenvalue weighted by Gasteiger charge is -2.06. The van der Waals surface area contributed by atoms with Gasteiger partial charge in [-0.25, -0.2) is 4.98 Å². The molecule has 0 radical (unpaired) electrons. The van der Waals surface area contributed by atoms with E-state index in [2.05, 4.69) is 65.1 Å². The van der Waals surface area contributed by atoms with Crippen LogP contribution >= 0.6 is 11.8 Å². The molecule has 3 aromatic rings. The lowest BCUT2D eigenvalue weighted by molar-refractivity contribution is 0.750. The third-order valence-electron chi connectivity index (χ3n) is 3.22. The molecule has 100 valence electrons. The normalized spacial score (nSPS) is 10.7. The fraction of sp³-hybridized carbons (Fsp3) is 0.118. The zero-order valence-electron chi connectivity index (χ0n) is 11.4. The molecule has 0 aliphatic heterocycles. The second kappa shape index (κ2) is 5.97. The van der Waals surface area contributed by atoms with Crippen molar-refractivity contribution in [3.8, 4) is 0 Å². The van der Waals surface area contributed by atoms with Crippen LogP contribution < -0.4 is 0 Å². The monoisotopic (exact) mass is 280 g/mol. The summed E-state index contributed by atoms with van der Waals surface area (Å²) >= 11 is 1.70. The maximum absolute atomic E-state index is 4.53. The van der Waals surface area contributed by atoms with Crippen LogP contribution in [0.4, 0.5) is 0 Å². The molecule has 0 aliphatic rings. The molecule has 0 spiro atoms. The van der Waals surface area contributed by atoms with Gasteiger partial charge in [-0.1, -0.05) is 60.3 Å². The van der Waals surface area contributed by atoms with Crippen LogP contribution in [-0.2, 0) is 13.5 Å². The highest BCUT2D eigenvalue weighted by molar-refractivity contribution is 7.99. The van der Waals surface area contributed by atoms with Gasteiger partial charge in [-0.05, 0) is 17.7 Å². The second-order valence-corrected chi connectivity index (χ2v) is 5.71. The molecule has 0 saturated heterocycles. The Bertz CT molecular complexity index is 616. The van der Waals surface area contributed by atoms with E-state index < -0.39 is 0 Å². The summed E-state index contributed by atoms with van der Waals surface area (Å²) in [6.07, 6.45) is 2.89. The molecule has 3 rings (SSSR count). The van der Waals surface area contributed by atoms with Crippen LogP contribution in [0, 0.1) is 0 Å². The summed E-state index contributed by atoms with van der Waals surface area (Å²) in [5.74, 6) is 0. The molecule has 0 saturated carbocycles. The minimum atomic E-state index is 0.916. The van der Waals surface area contributed by atoms with Crippen molar-refractivity contribution in [3.05, 3.63) is 78.1 Å². The van der Waals surface area contributed by atoms with E-state index in [4.69, 9.17) is 0 Å². The van der Waals surface area contributed by atoms with Crippen LogP contribution in [0.3, 0.4) is 0 Å². The lowest BCUT2D eigenvalue weighted by atomic mass is 10.1. The molecule has 0 bridgehead atoms. The number of aromatic nitrogens is 2. The average Bonchev–Trinajstić information content (AvgIpc) is 2.83. The van der Waals surface area contributed by atoms with Crippen LogP contribution in [-0.4, -0.2) is 9.55 Å². The van der Waals surface area contributed by atoms with Gasteiger partial charge in [0.25, 0.3) is 0 Å². The molecule has 0 aliphatic carbocycles. The summed E-state index contributed by atoms with van der Waals surface area (Å²) in [4.78, 5) is 5.75. The summed E-state index contributed by atoms with van der Waals surface area (Å²) < 4.78 is 2.17. The largest absolute Gasteiger partial charge is 0.326 e. The van der Waals surface area contributed by atoms with Crippen LogP contribution in [0.1, 0.15) is 11.3 Å². The van der Waals surface area contributed by atoms with Crippen molar-refractivity contribution in [2.24, 2.45) is 7.05 Å². The highest BCUT2D eigenvalue weighted by Crippen LogP contribution is 2.26. The van der Waals surface area contributed by atoms with Gasteiger partial charge in [0.05, 0.1) is 0 Å². The number of imidazole rings is 1. The smallest absolute Gasteiger partial charge is 0.172 e. The Morgan fingerprint density at radius 1 is 0.950 bits per heavy atom. The molecular weight excluding hydrogens is 264 g/mol. The Morgan fingerprint density at radius 2 is 1.60 bits per heavy atom. The minimum absolute atomic E-state index is 0.916. The van der Waals surface area contributed by atoms with Gasteiger partial charge in [0.2, 0.25) is 0 Å². The summed E-state index contributed by atoms with van der Waals surface area (Å²) in [7, 11) is 2.08. The minimum Gasteiger partial charge on any atom is -0.326 e. The number of hydrogen-bond donors (Lipinski definition) is 0. The second-order valence-electron chi connectivity index (χ2n) is 4.67. The molecule has 0 amide bonds. The topological polar surface area (TPSA) is 17.8 Å². The molecule has 20 heavy (non-hydrogen) atoms. The van der Waals surface area contributed by atoms with Crippen LogP contribution in [0.15, 0.2) is 76.9 Å². The first-order valence-electron chi connectivity index (χ1n) is 6.60. The van der Waals surface area contributed by atoms with Crippen LogP contribution in [0.2, 0.25) is 0 Å². The molecule has 3 heteroatoms. The zero-order chi connectivity index (χ0) is 13.8. The molecule has 1 aromatic heterocycles. The van der Waals surface area contributed by atoms with Crippen molar-refractivity contribution in [1.29, 1.82) is 0 Å². The van der Waals surface area contributed by atoms with Gasteiger partial charge in [-0.15, -0.1) is 0 Å². The molecule has 0 fully saturated rings. The van der Waals surface area contributed by atoms with Gasteiger partial charge in [0, 0.05) is 30.3 Å². The number of hydrogen-bond acceptors (Lipinski definition) is 2. The Morgan fingerprint density at radius 3 is 2.30 bits per heavy atom. The van der Waals surface area contributed by atoms with Gasteiger partial charge in [0.15, 0.2) is 5.16 Å². The van der Waals surface area contributed by atoms with E-state index in [1.54, 1.807) is 11.8 Å². The number of nitrogens with zero attached hydrogens (tertiary/aromatic N) is 2. The van der Waals surface area contributed by atoms with Crippen molar-refractivity contribution in [1.82, 2.24) is 9.55 Å². The third kappa shape index (κ3) is 2.94. The number of benzene rings is 2. The first-order valence-corrected chi connectivity index (χ1v) is 7.42. The van der Waals surface area contributed by atoms with Crippen LogP contribution in [0.5, 0.6) is 0 Å². The number of rotatable bonds is 4. The quantitative estimate of drug-likeness (QED) is 0.714. The van der Waals surface area contributed by atoms with E-state index in [1.807, 2.05) is 18.3 Å². The van der Waals surface area contributed by atoms with E-state index in [-0.39, 0.29) is 0 Å². The summed E-state index contributed by atoms with van der Waals surface area (Å²) in [6, 6.07) is 20.8. The Balaban J connectivity index is 1.79. The first-order chi connectivity index (χ1) is 9.83. The van der Waals surface area contributed by atoms with Crippen molar-refractivity contribution < 1.29 is 0 Å². The lowest BCUT2D eigenvalue weighted by Crippen LogP contribution is -1.98. The molecule has 1 heterocycles.